The van der Waals surface area contributed by atoms with Gasteiger partial charge in [0.25, 0.3) is 0 Å². The number of hydrogen-bond donors (Lipinski definition) is 3. The van der Waals surface area contributed by atoms with E-state index in [9.17, 15) is 14.7 Å². The summed E-state index contributed by atoms with van der Waals surface area (Å²) in [7, 11) is 0. The van der Waals surface area contributed by atoms with Crippen molar-refractivity contribution in [2.24, 2.45) is 20.4 Å². The van der Waals surface area contributed by atoms with Gasteiger partial charge in [-0.2, -0.15) is 15.3 Å². The minimum Gasteiger partial charge on any atom is -0.507 e. The van der Waals surface area contributed by atoms with E-state index >= 15 is 0 Å². The molecule has 1 saturated heterocycles. The number of amidine groups is 1. The average Bonchev–Trinajstić information content (AvgIpc) is 3.01. The Bertz CT molecular complexity index is 975. The Morgan fingerprint density at radius 2 is 1.89 bits per heavy atom. The minimum absolute atomic E-state index is 0.0190. The van der Waals surface area contributed by atoms with Crippen LogP contribution in [0.1, 0.15) is 12.0 Å². The molecule has 1 amide bonds. The molecule has 1 fully saturated rings. The van der Waals surface area contributed by atoms with Crippen LogP contribution in [0.15, 0.2) is 69.0 Å². The van der Waals surface area contributed by atoms with E-state index in [1.807, 2.05) is 30.3 Å². The maximum atomic E-state index is 11.7. The van der Waals surface area contributed by atoms with Crippen LogP contribution in [0.4, 0.5) is 11.4 Å². The van der Waals surface area contributed by atoms with Crippen molar-refractivity contribution in [3.63, 3.8) is 0 Å². The molecule has 10 heteroatoms. The zero-order valence-corrected chi connectivity index (χ0v) is 15.2. The van der Waals surface area contributed by atoms with Crippen molar-refractivity contribution in [2.45, 2.75) is 11.7 Å². The third kappa shape index (κ3) is 5.24. The van der Waals surface area contributed by atoms with E-state index in [0.29, 0.717) is 16.9 Å². The van der Waals surface area contributed by atoms with E-state index in [1.165, 1.54) is 12.3 Å². The lowest BCUT2D eigenvalue weighted by molar-refractivity contribution is -0.138. The number of phenols is 1. The second kappa shape index (κ2) is 8.91. The number of benzene rings is 2. The summed E-state index contributed by atoms with van der Waals surface area (Å²) >= 11 is 0.994. The molecule has 1 unspecified atom stereocenters. The van der Waals surface area contributed by atoms with Crippen molar-refractivity contribution in [3.8, 4) is 5.75 Å². The number of amides is 1. The lowest BCUT2D eigenvalue weighted by Crippen LogP contribution is -2.26. The molecule has 0 radical (unpaired) electrons. The monoisotopic (exact) mass is 397 g/mol. The highest BCUT2D eigenvalue weighted by Gasteiger charge is 2.32. The zero-order chi connectivity index (χ0) is 19.9. The molecule has 28 heavy (non-hydrogen) atoms. The number of carbonyl (C=O) groups excluding carboxylic acids is 1. The predicted octanol–water partition coefficient (Wildman–Crippen LogP) is 3.20. The molecule has 0 aliphatic carbocycles. The topological polar surface area (TPSA) is 136 Å². The Morgan fingerprint density at radius 3 is 2.64 bits per heavy atom. The van der Waals surface area contributed by atoms with E-state index in [-0.39, 0.29) is 17.3 Å². The summed E-state index contributed by atoms with van der Waals surface area (Å²) in [5.41, 5.74) is 1.58. The number of rotatable bonds is 6. The van der Waals surface area contributed by atoms with Crippen LogP contribution in [-0.2, 0) is 9.59 Å². The first-order chi connectivity index (χ1) is 13.5. The Morgan fingerprint density at radius 1 is 1.14 bits per heavy atom. The molecular weight excluding hydrogens is 382 g/mol. The highest BCUT2D eigenvalue weighted by molar-refractivity contribution is 8.15. The van der Waals surface area contributed by atoms with Crippen LogP contribution in [0.2, 0.25) is 0 Å². The fraction of sp³-hybridized carbons (Fsp3) is 0.111. The van der Waals surface area contributed by atoms with Crippen LogP contribution in [0, 0.1) is 0 Å². The maximum Gasteiger partial charge on any atom is 0.305 e. The van der Waals surface area contributed by atoms with Gasteiger partial charge < -0.3 is 15.5 Å². The molecule has 2 aromatic rings. The third-order valence-electron chi connectivity index (χ3n) is 3.53. The zero-order valence-electron chi connectivity index (χ0n) is 14.4. The number of aromatic hydroxyl groups is 1. The van der Waals surface area contributed by atoms with Gasteiger partial charge in [0.2, 0.25) is 5.91 Å². The summed E-state index contributed by atoms with van der Waals surface area (Å²) in [6, 6.07) is 13.9. The molecule has 0 bridgehead atoms. The van der Waals surface area contributed by atoms with Gasteiger partial charge in [-0.05, 0) is 30.3 Å². The van der Waals surface area contributed by atoms with E-state index in [4.69, 9.17) is 5.11 Å². The van der Waals surface area contributed by atoms with E-state index < -0.39 is 17.1 Å². The van der Waals surface area contributed by atoms with Crippen LogP contribution >= 0.6 is 11.8 Å². The maximum absolute atomic E-state index is 11.7. The summed E-state index contributed by atoms with van der Waals surface area (Å²) < 4.78 is 0. The highest BCUT2D eigenvalue weighted by atomic mass is 32.2. The molecule has 1 aliphatic rings. The lowest BCUT2D eigenvalue weighted by atomic mass is 10.2. The number of carboxylic acid groups (broad SMARTS) is 1. The number of aliphatic carboxylic acids is 1. The average molecular weight is 397 g/mol. The number of carboxylic acids is 1. The normalized spacial score (nSPS) is 18.2. The first-order valence-corrected chi connectivity index (χ1v) is 8.99. The summed E-state index contributed by atoms with van der Waals surface area (Å²) in [6.07, 6.45) is 1.01. The predicted molar refractivity (Wildman–Crippen MR) is 106 cm³/mol. The van der Waals surface area contributed by atoms with Gasteiger partial charge in [-0.15, -0.1) is 5.10 Å². The second-order valence-corrected chi connectivity index (χ2v) is 6.81. The quantitative estimate of drug-likeness (QED) is 0.391. The summed E-state index contributed by atoms with van der Waals surface area (Å²) in [5.74, 6) is -1.51. The molecule has 1 atom stereocenters. The fourth-order valence-corrected chi connectivity index (χ4v) is 3.12. The third-order valence-corrected chi connectivity index (χ3v) is 4.60. The van der Waals surface area contributed by atoms with Crippen molar-refractivity contribution in [2.75, 3.05) is 0 Å². The molecule has 0 spiro atoms. The van der Waals surface area contributed by atoms with E-state index in [2.05, 4.69) is 25.7 Å². The number of azo groups is 1. The van der Waals surface area contributed by atoms with Gasteiger partial charge in [0.1, 0.15) is 11.0 Å². The first-order valence-electron chi connectivity index (χ1n) is 8.11. The number of nitrogens with zero attached hydrogens (tertiary/aromatic N) is 4. The number of carbonyl (C=O) groups is 2. The van der Waals surface area contributed by atoms with Gasteiger partial charge in [0.05, 0.1) is 24.0 Å². The molecule has 1 heterocycles. The van der Waals surface area contributed by atoms with Crippen molar-refractivity contribution in [3.05, 3.63) is 54.1 Å². The minimum atomic E-state index is -1.07. The molecule has 1 aliphatic heterocycles. The second-order valence-electron chi connectivity index (χ2n) is 5.62. The SMILES string of the molecule is O=C(O)CC1SC(=NN=Cc2cc(N=Nc3ccccc3)ccc2O)NC1=O. The van der Waals surface area contributed by atoms with Gasteiger partial charge in [0, 0.05) is 5.56 Å². The van der Waals surface area contributed by atoms with Crippen molar-refractivity contribution in [1.29, 1.82) is 0 Å². The molecule has 2 aromatic carbocycles. The van der Waals surface area contributed by atoms with Crippen LogP contribution in [-0.4, -0.2) is 38.7 Å². The van der Waals surface area contributed by atoms with Crippen LogP contribution in [0.3, 0.4) is 0 Å². The first kappa shape index (κ1) is 19.2. The summed E-state index contributed by atoms with van der Waals surface area (Å²) in [4.78, 5) is 22.4. The Kier molecular flexibility index (Phi) is 6.12. The fourth-order valence-electron chi connectivity index (χ4n) is 2.21. The van der Waals surface area contributed by atoms with Gasteiger partial charge in [-0.3, -0.25) is 9.59 Å². The molecule has 0 saturated carbocycles. The van der Waals surface area contributed by atoms with Crippen molar-refractivity contribution in [1.82, 2.24) is 5.32 Å². The van der Waals surface area contributed by atoms with Crippen molar-refractivity contribution < 1.29 is 19.8 Å². The van der Waals surface area contributed by atoms with Crippen molar-refractivity contribution >= 4 is 46.4 Å². The standard InChI is InChI=1S/C18H15N5O4S/c24-14-7-6-13(22-21-12-4-2-1-3-5-12)8-11(14)10-19-23-18-20-17(27)15(28-18)9-16(25)26/h1-8,10,15,24H,9H2,(H,25,26)(H,20,23,27). The molecule has 3 N–H and O–H groups in total. The number of nitrogens with one attached hydrogen (secondary N) is 1. The van der Waals surface area contributed by atoms with E-state index in [1.54, 1.807) is 12.1 Å². The summed E-state index contributed by atoms with van der Waals surface area (Å²) in [5, 5.41) is 36.5. The Balaban J connectivity index is 1.69. The van der Waals surface area contributed by atoms with Crippen LogP contribution in [0.5, 0.6) is 5.75 Å². The Hall–Kier alpha value is -3.53. The van der Waals surface area contributed by atoms with Gasteiger partial charge in [-0.1, -0.05) is 30.0 Å². The molecular formula is C18H15N5O4S. The van der Waals surface area contributed by atoms with Crippen LogP contribution in [0.25, 0.3) is 0 Å². The number of thioether (sulfide) groups is 1. The summed E-state index contributed by atoms with van der Waals surface area (Å²) in [6.45, 7) is 0. The van der Waals surface area contributed by atoms with Gasteiger partial charge >= 0.3 is 5.97 Å². The smallest absolute Gasteiger partial charge is 0.305 e. The van der Waals surface area contributed by atoms with Gasteiger partial charge in [0.15, 0.2) is 5.17 Å². The Labute approximate surface area is 163 Å². The van der Waals surface area contributed by atoms with E-state index in [0.717, 1.165) is 11.8 Å². The van der Waals surface area contributed by atoms with Gasteiger partial charge in [-0.25, -0.2) is 0 Å². The largest absolute Gasteiger partial charge is 0.507 e. The molecule has 9 nitrogen and oxygen atoms in total. The lowest BCUT2D eigenvalue weighted by Gasteiger charge is -1.99. The molecule has 0 aromatic heterocycles. The highest BCUT2D eigenvalue weighted by Crippen LogP contribution is 2.25. The number of phenolic OH excluding ortho intramolecular Hbond substituents is 1. The van der Waals surface area contributed by atoms with Crippen LogP contribution < -0.4 is 5.32 Å². The molecule has 3 rings (SSSR count). The molecule has 142 valence electrons. The number of hydrogen-bond acceptors (Lipinski definition) is 8.